The van der Waals surface area contributed by atoms with Gasteiger partial charge in [0.25, 0.3) is 5.69 Å². The molecule has 1 aliphatic heterocycles. The molecule has 1 atom stereocenters. The first kappa shape index (κ1) is 23.6. The van der Waals surface area contributed by atoms with Crippen LogP contribution in [-0.2, 0) is 9.59 Å². The molecule has 176 valence electrons. The number of hydrogen-bond acceptors (Lipinski definition) is 8. The quantitative estimate of drug-likeness (QED) is 0.384. The highest BCUT2D eigenvalue weighted by atomic mass is 35.5. The summed E-state index contributed by atoms with van der Waals surface area (Å²) < 4.78 is 0. The van der Waals surface area contributed by atoms with Crippen LogP contribution < -0.4 is 16.0 Å². The monoisotopic (exact) mass is 503 g/mol. The van der Waals surface area contributed by atoms with Crippen LogP contribution in [0.4, 0.5) is 17.2 Å². The number of anilines is 2. The van der Waals surface area contributed by atoms with Crippen molar-refractivity contribution in [1.29, 1.82) is 0 Å². The number of amides is 2. The Morgan fingerprint density at radius 2 is 1.88 bits per heavy atom. The van der Waals surface area contributed by atoms with E-state index in [1.165, 1.54) is 6.33 Å². The molecule has 0 radical (unpaired) electrons. The van der Waals surface area contributed by atoms with Gasteiger partial charge in [0, 0.05) is 37.2 Å². The highest BCUT2D eigenvalue weighted by Crippen LogP contribution is 2.34. The van der Waals surface area contributed by atoms with Gasteiger partial charge < -0.3 is 16.0 Å². The number of primary amides is 1. The molecule has 3 N–H and O–H groups in total. The van der Waals surface area contributed by atoms with Crippen LogP contribution >= 0.6 is 23.2 Å². The van der Waals surface area contributed by atoms with Gasteiger partial charge in [-0.2, -0.15) is 0 Å². The van der Waals surface area contributed by atoms with E-state index in [0.29, 0.717) is 18.9 Å². The number of benzene rings is 2. The molecule has 3 aromatic rings. The van der Waals surface area contributed by atoms with Crippen LogP contribution in [0.5, 0.6) is 0 Å². The van der Waals surface area contributed by atoms with Gasteiger partial charge >= 0.3 is 0 Å². The van der Waals surface area contributed by atoms with Crippen molar-refractivity contribution < 1.29 is 14.5 Å². The predicted molar refractivity (Wildman–Crippen MR) is 128 cm³/mol. The summed E-state index contributed by atoms with van der Waals surface area (Å²) in [6.07, 6.45) is 1.47. The summed E-state index contributed by atoms with van der Waals surface area (Å²) in [5.74, 6) is -0.391. The standard InChI is InChI=1S/C21H19Cl2N7O4/c22-14-7-12(30(33)34)8-15(23)19(14)27-18(31)10-28-5-6-29(9-17(28)20(24)32)21-13-3-1-2-4-16(13)25-11-26-21/h1-4,7-8,11,17H,5-6,9-10H2,(H2,24,32)(H,27,31). The third-order valence-electron chi connectivity index (χ3n) is 5.49. The third-order valence-corrected chi connectivity index (χ3v) is 6.09. The predicted octanol–water partition coefficient (Wildman–Crippen LogP) is 2.46. The maximum atomic E-state index is 12.7. The molecule has 1 aromatic heterocycles. The first-order valence-corrected chi connectivity index (χ1v) is 10.9. The Morgan fingerprint density at radius 3 is 2.56 bits per heavy atom. The Bertz CT molecular complexity index is 1260. The van der Waals surface area contributed by atoms with E-state index in [1.54, 1.807) is 4.90 Å². The van der Waals surface area contributed by atoms with Crippen molar-refractivity contribution in [3.8, 4) is 0 Å². The molecule has 1 unspecified atom stereocenters. The lowest BCUT2D eigenvalue weighted by Gasteiger charge is -2.40. The number of rotatable bonds is 6. The summed E-state index contributed by atoms with van der Waals surface area (Å²) >= 11 is 12.1. The second-order valence-corrected chi connectivity index (χ2v) is 8.45. The first-order chi connectivity index (χ1) is 16.2. The van der Waals surface area contributed by atoms with Gasteiger partial charge in [-0.1, -0.05) is 35.3 Å². The van der Waals surface area contributed by atoms with Gasteiger partial charge in [0.05, 0.1) is 32.7 Å². The van der Waals surface area contributed by atoms with Crippen LogP contribution in [0.1, 0.15) is 0 Å². The average Bonchev–Trinajstić information content (AvgIpc) is 2.81. The number of para-hydroxylation sites is 1. The maximum absolute atomic E-state index is 12.7. The number of halogens is 2. The zero-order chi connectivity index (χ0) is 24.4. The second-order valence-electron chi connectivity index (χ2n) is 7.64. The van der Waals surface area contributed by atoms with Crippen molar-refractivity contribution in [1.82, 2.24) is 14.9 Å². The molecule has 4 rings (SSSR count). The number of nitrogens with one attached hydrogen (secondary N) is 1. The maximum Gasteiger partial charge on any atom is 0.272 e. The fourth-order valence-electron chi connectivity index (χ4n) is 3.86. The molecule has 1 fully saturated rings. The minimum Gasteiger partial charge on any atom is -0.368 e. The Hall–Kier alpha value is -3.54. The van der Waals surface area contributed by atoms with Crippen molar-refractivity contribution in [2.24, 2.45) is 5.73 Å². The third kappa shape index (κ3) is 4.86. The van der Waals surface area contributed by atoms with Gasteiger partial charge in [0.15, 0.2) is 0 Å². The van der Waals surface area contributed by atoms with E-state index in [0.717, 1.165) is 23.0 Å². The van der Waals surface area contributed by atoms with Crippen LogP contribution in [0.3, 0.4) is 0 Å². The Morgan fingerprint density at radius 1 is 1.18 bits per heavy atom. The van der Waals surface area contributed by atoms with Gasteiger partial charge in [-0.05, 0) is 12.1 Å². The molecule has 2 amide bonds. The average molecular weight is 504 g/mol. The van der Waals surface area contributed by atoms with Gasteiger partial charge in [-0.25, -0.2) is 9.97 Å². The lowest BCUT2D eigenvalue weighted by atomic mass is 10.1. The molecule has 2 aromatic carbocycles. The molecule has 1 saturated heterocycles. The molecule has 0 saturated carbocycles. The summed E-state index contributed by atoms with van der Waals surface area (Å²) in [4.78, 5) is 47.5. The highest BCUT2D eigenvalue weighted by Gasteiger charge is 2.33. The van der Waals surface area contributed by atoms with E-state index >= 15 is 0 Å². The zero-order valence-electron chi connectivity index (χ0n) is 17.6. The highest BCUT2D eigenvalue weighted by molar-refractivity contribution is 6.40. The number of fused-ring (bicyclic) bond motifs is 1. The normalized spacial score (nSPS) is 16.4. The fourth-order valence-corrected chi connectivity index (χ4v) is 4.43. The molecule has 13 heteroatoms. The molecule has 1 aliphatic rings. The summed E-state index contributed by atoms with van der Waals surface area (Å²) in [6, 6.07) is 8.99. The van der Waals surface area contributed by atoms with E-state index in [2.05, 4.69) is 15.3 Å². The molecule has 11 nitrogen and oxygen atoms in total. The summed E-state index contributed by atoms with van der Waals surface area (Å²) in [6.45, 7) is 0.941. The first-order valence-electron chi connectivity index (χ1n) is 10.2. The van der Waals surface area contributed by atoms with E-state index in [4.69, 9.17) is 28.9 Å². The molecule has 0 bridgehead atoms. The van der Waals surface area contributed by atoms with Crippen molar-refractivity contribution in [2.75, 3.05) is 36.4 Å². The zero-order valence-corrected chi connectivity index (χ0v) is 19.2. The van der Waals surface area contributed by atoms with Crippen molar-refractivity contribution >= 4 is 63.1 Å². The van der Waals surface area contributed by atoms with Gasteiger partial charge in [0.2, 0.25) is 11.8 Å². The number of hydrogen-bond donors (Lipinski definition) is 2. The van der Waals surface area contributed by atoms with E-state index in [9.17, 15) is 19.7 Å². The van der Waals surface area contributed by atoms with Crippen molar-refractivity contribution in [3.05, 3.63) is 62.9 Å². The fraction of sp³-hybridized carbons (Fsp3) is 0.238. The SMILES string of the molecule is NC(=O)C1CN(c2ncnc3ccccc23)CCN1CC(=O)Nc1c(Cl)cc([N+](=O)[O-])cc1Cl. The summed E-state index contributed by atoms with van der Waals surface area (Å²) in [5.41, 5.74) is 6.19. The molecule has 2 heterocycles. The molecule has 0 spiro atoms. The number of nitrogens with zero attached hydrogens (tertiary/aromatic N) is 5. The molecule has 34 heavy (non-hydrogen) atoms. The minimum absolute atomic E-state index is 0.0562. The number of nitrogens with two attached hydrogens (primary N) is 1. The molecular weight excluding hydrogens is 485 g/mol. The van der Waals surface area contributed by atoms with Gasteiger partial charge in [-0.15, -0.1) is 0 Å². The Kier molecular flexibility index (Phi) is 6.77. The van der Waals surface area contributed by atoms with E-state index < -0.39 is 22.8 Å². The number of carbonyl (C=O) groups is 2. The van der Waals surface area contributed by atoms with Crippen LogP contribution in [0.25, 0.3) is 10.9 Å². The Balaban J connectivity index is 1.49. The van der Waals surface area contributed by atoms with Crippen molar-refractivity contribution in [2.45, 2.75) is 6.04 Å². The molecular formula is C21H19Cl2N7O4. The topological polar surface area (TPSA) is 148 Å². The number of non-ortho nitro benzene ring substituents is 1. The lowest BCUT2D eigenvalue weighted by Crippen LogP contribution is -2.59. The van der Waals surface area contributed by atoms with Crippen LogP contribution in [0, 0.1) is 10.1 Å². The van der Waals surface area contributed by atoms with Gasteiger partial charge in [-0.3, -0.25) is 24.6 Å². The van der Waals surface area contributed by atoms with Crippen LogP contribution in [0.2, 0.25) is 10.0 Å². The van der Waals surface area contributed by atoms with Crippen molar-refractivity contribution in [3.63, 3.8) is 0 Å². The minimum atomic E-state index is -0.754. The van der Waals surface area contributed by atoms with Gasteiger partial charge in [0.1, 0.15) is 18.2 Å². The number of aromatic nitrogens is 2. The number of piperazine rings is 1. The number of carbonyl (C=O) groups excluding carboxylic acids is 2. The number of nitro groups is 1. The summed E-state index contributed by atoms with van der Waals surface area (Å²) in [5, 5.41) is 14.2. The number of nitro benzene ring substituents is 1. The molecule has 0 aliphatic carbocycles. The smallest absolute Gasteiger partial charge is 0.272 e. The summed E-state index contributed by atoms with van der Waals surface area (Å²) in [7, 11) is 0. The Labute approximate surface area is 203 Å². The van der Waals surface area contributed by atoms with Crippen LogP contribution in [0.15, 0.2) is 42.7 Å². The van der Waals surface area contributed by atoms with E-state index in [-0.39, 0.29) is 34.5 Å². The lowest BCUT2D eigenvalue weighted by molar-refractivity contribution is -0.384. The second kappa shape index (κ2) is 9.75. The van der Waals surface area contributed by atoms with E-state index in [1.807, 2.05) is 29.2 Å². The largest absolute Gasteiger partial charge is 0.368 e. The van der Waals surface area contributed by atoms with Crippen LogP contribution in [-0.4, -0.2) is 63.8 Å².